The molecule has 0 unspecified atom stereocenters. The molecule has 2 aromatic carbocycles. The molecule has 2 rings (SSSR count). The Kier molecular flexibility index (Phi) is 8.98. The summed E-state index contributed by atoms with van der Waals surface area (Å²) in [5.41, 5.74) is 0.971. The number of ether oxygens (including phenoxy) is 1. The van der Waals surface area contributed by atoms with E-state index < -0.39 is 11.9 Å². The summed E-state index contributed by atoms with van der Waals surface area (Å²) >= 11 is 1.04. The summed E-state index contributed by atoms with van der Waals surface area (Å²) in [7, 11) is 0. The van der Waals surface area contributed by atoms with Crippen LogP contribution in [-0.4, -0.2) is 18.5 Å². The third-order valence-electron chi connectivity index (χ3n) is 3.89. The number of benzene rings is 2. The number of hydrogen-bond acceptors (Lipinski definition) is 7. The molecule has 0 saturated heterocycles. The fourth-order valence-corrected chi connectivity index (χ4v) is 2.70. The molecule has 30 heavy (non-hydrogen) atoms. The van der Waals surface area contributed by atoms with E-state index in [1.165, 1.54) is 6.20 Å². The number of nitrogens with one attached hydrogen (secondary N) is 2. The van der Waals surface area contributed by atoms with Crippen LogP contribution in [0.5, 0.6) is 0 Å². The van der Waals surface area contributed by atoms with Crippen molar-refractivity contribution in [3.8, 4) is 11.5 Å². The van der Waals surface area contributed by atoms with Crippen LogP contribution in [-0.2, 0) is 9.53 Å². The number of unbranched alkanes of at least 4 members (excludes halogenated alkanes) is 1. The molecular formula is C22H20N4O3S. The van der Waals surface area contributed by atoms with Gasteiger partial charge in [-0.05, 0) is 54.6 Å². The Morgan fingerprint density at radius 1 is 1.13 bits per heavy atom. The molecule has 0 saturated carbocycles. The predicted molar refractivity (Wildman–Crippen MR) is 115 cm³/mol. The summed E-state index contributed by atoms with van der Waals surface area (Å²) in [5.74, 6) is -1.19. The summed E-state index contributed by atoms with van der Waals surface area (Å²) < 4.78 is 5.21. The number of nitriles is 2. The Morgan fingerprint density at radius 2 is 1.87 bits per heavy atom. The van der Waals surface area contributed by atoms with Crippen LogP contribution < -0.4 is 10.6 Å². The van der Waals surface area contributed by atoms with Gasteiger partial charge in [0.25, 0.3) is 5.91 Å². The maximum atomic E-state index is 12.5. The molecule has 2 aromatic rings. The molecule has 0 fully saturated rings. The summed E-state index contributed by atoms with van der Waals surface area (Å²) in [4.78, 5) is 25.5. The normalized spacial score (nSPS) is 10.4. The van der Waals surface area contributed by atoms with Gasteiger partial charge in [0, 0.05) is 16.8 Å². The second-order valence-corrected chi connectivity index (χ2v) is 6.88. The van der Waals surface area contributed by atoms with Crippen molar-refractivity contribution in [2.75, 3.05) is 17.2 Å². The number of carbonyl (C=O) groups excluding carboxylic acids is 2. The number of amides is 1. The molecule has 0 radical (unpaired) electrons. The number of thioether (sulfide) groups is 1. The molecule has 7 nitrogen and oxygen atoms in total. The van der Waals surface area contributed by atoms with Crippen molar-refractivity contribution in [1.82, 2.24) is 0 Å². The number of carbonyl (C=O) groups is 2. The number of hydrogen-bond donors (Lipinski definition) is 2. The largest absolute Gasteiger partial charge is 0.462 e. The SMILES string of the molecule is CCCCOC(=O)c1ccccc1NC(=O)/C(C#N)=C\Nc1ccc(SC#N)cc1. The molecule has 2 N–H and O–H groups in total. The lowest BCUT2D eigenvalue weighted by molar-refractivity contribution is -0.112. The topological polar surface area (TPSA) is 115 Å². The number of rotatable bonds is 9. The predicted octanol–water partition coefficient (Wildman–Crippen LogP) is 4.67. The second-order valence-electron chi connectivity index (χ2n) is 6.02. The van der Waals surface area contributed by atoms with Crippen molar-refractivity contribution in [2.45, 2.75) is 24.7 Å². The van der Waals surface area contributed by atoms with E-state index in [0.29, 0.717) is 12.3 Å². The highest BCUT2D eigenvalue weighted by Gasteiger charge is 2.16. The van der Waals surface area contributed by atoms with Crippen molar-refractivity contribution in [1.29, 1.82) is 10.5 Å². The minimum Gasteiger partial charge on any atom is -0.462 e. The number of nitrogens with zero attached hydrogens (tertiary/aromatic N) is 2. The van der Waals surface area contributed by atoms with Gasteiger partial charge >= 0.3 is 5.97 Å². The van der Waals surface area contributed by atoms with Crippen LogP contribution in [0.25, 0.3) is 0 Å². The van der Waals surface area contributed by atoms with Crippen molar-refractivity contribution >= 4 is 35.0 Å². The minimum atomic E-state index is -0.657. The van der Waals surface area contributed by atoms with Gasteiger partial charge in [0.1, 0.15) is 17.0 Å². The Hall–Kier alpha value is -3.75. The van der Waals surface area contributed by atoms with E-state index in [1.54, 1.807) is 48.5 Å². The Balaban J connectivity index is 2.08. The molecule has 0 heterocycles. The van der Waals surface area contributed by atoms with Gasteiger partial charge in [0.05, 0.1) is 17.9 Å². The fourth-order valence-electron chi connectivity index (χ4n) is 2.32. The van der Waals surface area contributed by atoms with E-state index in [1.807, 2.05) is 18.4 Å². The molecule has 0 aliphatic rings. The van der Waals surface area contributed by atoms with Gasteiger partial charge in [-0.2, -0.15) is 10.5 Å². The standard InChI is InChI=1S/C22H20N4O3S/c1-2-3-12-29-22(28)19-6-4-5-7-20(19)26-21(27)16(13-23)14-25-17-8-10-18(11-9-17)30-15-24/h4-11,14,25H,2-3,12H2,1H3,(H,26,27)/b16-14-. The van der Waals surface area contributed by atoms with Crippen molar-refractivity contribution in [3.05, 3.63) is 65.9 Å². The van der Waals surface area contributed by atoms with Gasteiger partial charge in [-0.1, -0.05) is 25.5 Å². The van der Waals surface area contributed by atoms with Crippen molar-refractivity contribution in [2.24, 2.45) is 0 Å². The van der Waals surface area contributed by atoms with E-state index in [0.717, 1.165) is 29.5 Å². The number of anilines is 2. The lowest BCUT2D eigenvalue weighted by Crippen LogP contribution is -2.17. The first-order chi connectivity index (χ1) is 14.6. The fraction of sp³-hybridized carbons (Fsp3) is 0.182. The Labute approximate surface area is 179 Å². The van der Waals surface area contributed by atoms with Crippen LogP contribution in [0, 0.1) is 22.0 Å². The average Bonchev–Trinajstić information content (AvgIpc) is 2.76. The zero-order valence-corrected chi connectivity index (χ0v) is 17.2. The van der Waals surface area contributed by atoms with Crippen LogP contribution in [0.3, 0.4) is 0 Å². The zero-order chi connectivity index (χ0) is 21.8. The van der Waals surface area contributed by atoms with Gasteiger partial charge < -0.3 is 15.4 Å². The minimum absolute atomic E-state index is 0.167. The first kappa shape index (κ1) is 22.5. The quantitative estimate of drug-likeness (QED) is 0.151. The molecule has 0 aliphatic heterocycles. The summed E-state index contributed by atoms with van der Waals surface area (Å²) in [5, 5.41) is 25.4. The highest BCUT2D eigenvalue weighted by molar-refractivity contribution is 8.03. The Bertz CT molecular complexity index is 1000. The second kappa shape index (κ2) is 11.9. The first-order valence-electron chi connectivity index (χ1n) is 9.19. The summed E-state index contributed by atoms with van der Waals surface area (Å²) in [6, 6.07) is 15.3. The third kappa shape index (κ3) is 6.69. The maximum Gasteiger partial charge on any atom is 0.340 e. The van der Waals surface area contributed by atoms with Gasteiger partial charge in [0.2, 0.25) is 0 Å². The molecule has 1 amide bonds. The number of thiocyanates is 1. The van der Waals surface area contributed by atoms with E-state index in [2.05, 4.69) is 10.6 Å². The lowest BCUT2D eigenvalue weighted by Gasteiger charge is -2.10. The van der Waals surface area contributed by atoms with Crippen LogP contribution in [0.1, 0.15) is 30.1 Å². The highest BCUT2D eigenvalue weighted by atomic mass is 32.2. The van der Waals surface area contributed by atoms with Gasteiger partial charge in [-0.15, -0.1) is 0 Å². The van der Waals surface area contributed by atoms with Crippen molar-refractivity contribution < 1.29 is 14.3 Å². The highest BCUT2D eigenvalue weighted by Crippen LogP contribution is 2.20. The maximum absolute atomic E-state index is 12.5. The molecular weight excluding hydrogens is 400 g/mol. The smallest absolute Gasteiger partial charge is 0.340 e. The van der Waals surface area contributed by atoms with E-state index >= 15 is 0 Å². The molecule has 152 valence electrons. The van der Waals surface area contributed by atoms with Gasteiger partial charge in [0.15, 0.2) is 0 Å². The van der Waals surface area contributed by atoms with Crippen LogP contribution in [0.2, 0.25) is 0 Å². The summed E-state index contributed by atoms with van der Waals surface area (Å²) in [6.07, 6.45) is 2.93. The molecule has 0 bridgehead atoms. The molecule has 0 aliphatic carbocycles. The third-order valence-corrected chi connectivity index (χ3v) is 4.49. The summed E-state index contributed by atoms with van der Waals surface area (Å²) in [6.45, 7) is 2.29. The molecule has 0 aromatic heterocycles. The monoisotopic (exact) mass is 420 g/mol. The zero-order valence-electron chi connectivity index (χ0n) is 16.3. The van der Waals surface area contributed by atoms with Gasteiger partial charge in [-0.3, -0.25) is 4.79 Å². The molecule has 0 spiro atoms. The average molecular weight is 420 g/mol. The van der Waals surface area contributed by atoms with Crippen LogP contribution >= 0.6 is 11.8 Å². The van der Waals surface area contributed by atoms with E-state index in [4.69, 9.17) is 10.00 Å². The van der Waals surface area contributed by atoms with E-state index in [-0.39, 0.29) is 16.8 Å². The molecule has 8 heteroatoms. The lowest BCUT2D eigenvalue weighted by atomic mass is 10.1. The van der Waals surface area contributed by atoms with Crippen molar-refractivity contribution in [3.63, 3.8) is 0 Å². The number of esters is 1. The van der Waals surface area contributed by atoms with E-state index in [9.17, 15) is 14.9 Å². The number of para-hydroxylation sites is 1. The van der Waals surface area contributed by atoms with Crippen LogP contribution in [0.15, 0.2) is 65.2 Å². The van der Waals surface area contributed by atoms with Crippen LogP contribution in [0.4, 0.5) is 11.4 Å². The first-order valence-corrected chi connectivity index (χ1v) is 10.0. The molecule has 0 atom stereocenters. The Morgan fingerprint density at radius 3 is 2.53 bits per heavy atom. The van der Waals surface area contributed by atoms with Gasteiger partial charge in [-0.25, -0.2) is 4.79 Å².